The van der Waals surface area contributed by atoms with E-state index in [2.05, 4.69) is 23.2 Å². The van der Waals surface area contributed by atoms with E-state index >= 15 is 0 Å². The Morgan fingerprint density at radius 1 is 1.08 bits per heavy atom. The zero-order chi connectivity index (χ0) is 17.2. The molecular weight excluding hydrogens is 340 g/mol. The molecule has 1 aromatic rings. The first kappa shape index (κ1) is 20.1. The van der Waals surface area contributed by atoms with Crippen molar-refractivity contribution < 1.29 is 14.2 Å². The molecule has 0 radical (unpaired) electrons. The molecular formula is C19H31ClN2O3. The molecule has 1 saturated heterocycles. The summed E-state index contributed by atoms with van der Waals surface area (Å²) in [6, 6.07) is 2.12. The Hall–Kier alpha value is -1.17. The van der Waals surface area contributed by atoms with Gasteiger partial charge in [-0.05, 0) is 42.9 Å². The van der Waals surface area contributed by atoms with Crippen LogP contribution in [0.3, 0.4) is 0 Å². The zero-order valence-corrected chi connectivity index (χ0v) is 16.6. The van der Waals surface area contributed by atoms with Crippen LogP contribution in [-0.4, -0.2) is 59.0 Å². The van der Waals surface area contributed by atoms with Crippen molar-refractivity contribution >= 4 is 12.4 Å². The first-order chi connectivity index (χ1) is 11.6. The molecule has 0 aromatic heterocycles. The van der Waals surface area contributed by atoms with E-state index in [4.69, 9.17) is 14.2 Å². The van der Waals surface area contributed by atoms with E-state index in [1.807, 2.05) is 0 Å². The molecule has 5 nitrogen and oxygen atoms in total. The van der Waals surface area contributed by atoms with Gasteiger partial charge in [0.05, 0.1) is 21.3 Å². The van der Waals surface area contributed by atoms with Gasteiger partial charge in [0.15, 0.2) is 11.5 Å². The molecule has 1 aromatic carbocycles. The molecule has 2 heterocycles. The molecule has 0 amide bonds. The predicted molar refractivity (Wildman–Crippen MR) is 103 cm³/mol. The van der Waals surface area contributed by atoms with Gasteiger partial charge in [0.2, 0.25) is 5.75 Å². The maximum absolute atomic E-state index is 5.69. The van der Waals surface area contributed by atoms with Gasteiger partial charge < -0.3 is 24.4 Å². The zero-order valence-electron chi connectivity index (χ0n) is 15.8. The third-order valence-corrected chi connectivity index (χ3v) is 5.46. The number of hydrogen-bond donors (Lipinski definition) is 1. The van der Waals surface area contributed by atoms with Crippen LogP contribution in [0.2, 0.25) is 0 Å². The van der Waals surface area contributed by atoms with E-state index < -0.39 is 0 Å². The van der Waals surface area contributed by atoms with Gasteiger partial charge in [-0.3, -0.25) is 0 Å². The number of fused-ring (bicyclic) bond motifs is 1. The highest BCUT2D eigenvalue weighted by molar-refractivity contribution is 5.85. The van der Waals surface area contributed by atoms with E-state index in [0.29, 0.717) is 11.2 Å². The number of hydrogen-bond acceptors (Lipinski definition) is 5. The molecule has 0 aliphatic carbocycles. The Morgan fingerprint density at radius 3 is 2.40 bits per heavy atom. The maximum atomic E-state index is 5.69. The van der Waals surface area contributed by atoms with Crippen molar-refractivity contribution in [3.8, 4) is 17.2 Å². The number of benzene rings is 1. The van der Waals surface area contributed by atoms with Crippen LogP contribution >= 0.6 is 12.4 Å². The van der Waals surface area contributed by atoms with Crippen LogP contribution in [0.15, 0.2) is 6.07 Å². The summed E-state index contributed by atoms with van der Waals surface area (Å²) >= 11 is 0. The fraction of sp³-hybridized carbons (Fsp3) is 0.684. The first-order valence-electron chi connectivity index (χ1n) is 8.84. The normalized spacial score (nSPS) is 23.4. The largest absolute Gasteiger partial charge is 0.493 e. The van der Waals surface area contributed by atoms with Gasteiger partial charge in [-0.1, -0.05) is 6.92 Å². The smallest absolute Gasteiger partial charge is 0.203 e. The molecule has 0 bridgehead atoms. The topological polar surface area (TPSA) is 43.0 Å². The molecule has 1 atom stereocenters. The molecule has 3 rings (SSSR count). The molecule has 1 unspecified atom stereocenters. The summed E-state index contributed by atoms with van der Waals surface area (Å²) in [5.41, 5.74) is 2.99. The summed E-state index contributed by atoms with van der Waals surface area (Å²) in [7, 11) is 5.07. The monoisotopic (exact) mass is 370 g/mol. The summed E-state index contributed by atoms with van der Waals surface area (Å²) in [6.07, 6.45) is 3.28. The minimum absolute atomic E-state index is 0. The SMILES string of the molecule is COc1cc2c(c(OC)c1OC)CCN(CC1(C)CCNC1)CC2.Cl. The second-order valence-electron chi connectivity index (χ2n) is 7.30. The molecule has 1 fully saturated rings. The average molecular weight is 371 g/mol. The van der Waals surface area contributed by atoms with Gasteiger partial charge in [-0.25, -0.2) is 0 Å². The van der Waals surface area contributed by atoms with Gasteiger partial charge in [0.1, 0.15) is 0 Å². The molecule has 0 spiro atoms. The van der Waals surface area contributed by atoms with Gasteiger partial charge in [0.25, 0.3) is 0 Å². The highest BCUT2D eigenvalue weighted by Gasteiger charge is 2.32. The van der Waals surface area contributed by atoms with Crippen LogP contribution in [0, 0.1) is 5.41 Å². The molecule has 6 heteroatoms. The summed E-state index contributed by atoms with van der Waals surface area (Å²) in [4.78, 5) is 2.60. The van der Waals surface area contributed by atoms with Crippen molar-refractivity contribution in [1.82, 2.24) is 10.2 Å². The Morgan fingerprint density at radius 2 is 1.80 bits per heavy atom. The van der Waals surface area contributed by atoms with Crippen LogP contribution in [0.1, 0.15) is 24.5 Å². The lowest BCUT2D eigenvalue weighted by Gasteiger charge is -2.31. The second-order valence-corrected chi connectivity index (χ2v) is 7.30. The Labute approximate surface area is 157 Å². The van der Waals surface area contributed by atoms with E-state index in [1.165, 1.54) is 17.5 Å². The Kier molecular flexibility index (Phi) is 6.83. The molecule has 1 N–H and O–H groups in total. The van der Waals surface area contributed by atoms with Gasteiger partial charge in [-0.15, -0.1) is 12.4 Å². The number of rotatable bonds is 5. The van der Waals surface area contributed by atoms with Gasteiger partial charge in [-0.2, -0.15) is 0 Å². The van der Waals surface area contributed by atoms with Crippen LogP contribution < -0.4 is 19.5 Å². The van der Waals surface area contributed by atoms with E-state index in [1.54, 1.807) is 21.3 Å². The minimum atomic E-state index is 0. The third kappa shape index (κ3) is 4.15. The lowest BCUT2D eigenvalue weighted by Crippen LogP contribution is -2.38. The summed E-state index contributed by atoms with van der Waals surface area (Å²) in [5, 5.41) is 3.50. The number of halogens is 1. The summed E-state index contributed by atoms with van der Waals surface area (Å²) in [5.74, 6) is 2.30. The highest BCUT2D eigenvalue weighted by atomic mass is 35.5. The van der Waals surface area contributed by atoms with Crippen molar-refractivity contribution in [2.24, 2.45) is 5.41 Å². The van der Waals surface area contributed by atoms with Crippen LogP contribution in [0.25, 0.3) is 0 Å². The fourth-order valence-electron chi connectivity index (χ4n) is 4.13. The van der Waals surface area contributed by atoms with E-state index in [9.17, 15) is 0 Å². The lowest BCUT2D eigenvalue weighted by atomic mass is 9.89. The average Bonchev–Trinajstić information content (AvgIpc) is 2.92. The second kappa shape index (κ2) is 8.47. The van der Waals surface area contributed by atoms with Crippen LogP contribution in [-0.2, 0) is 12.8 Å². The number of nitrogens with zero attached hydrogens (tertiary/aromatic N) is 1. The van der Waals surface area contributed by atoms with Crippen molar-refractivity contribution in [3.63, 3.8) is 0 Å². The Bertz CT molecular complexity index is 589. The Balaban J connectivity index is 0.00000225. The standard InChI is InChI=1S/C19H30N2O3.ClH/c1-19(7-8-20-12-19)13-21-9-5-14-11-16(22-2)18(24-4)17(23-3)15(14)6-10-21;/h11,20H,5-10,12-13H2,1-4H3;1H. The molecule has 142 valence electrons. The van der Waals surface area contributed by atoms with Crippen molar-refractivity contribution in [2.45, 2.75) is 26.2 Å². The first-order valence-corrected chi connectivity index (χ1v) is 8.84. The van der Waals surface area contributed by atoms with Gasteiger partial charge >= 0.3 is 0 Å². The summed E-state index contributed by atoms with van der Waals surface area (Å²) in [6.45, 7) is 7.98. The molecule has 2 aliphatic rings. The number of nitrogens with one attached hydrogen (secondary N) is 1. The summed E-state index contributed by atoms with van der Waals surface area (Å²) < 4.78 is 16.7. The third-order valence-electron chi connectivity index (χ3n) is 5.46. The maximum Gasteiger partial charge on any atom is 0.203 e. The van der Waals surface area contributed by atoms with E-state index in [0.717, 1.165) is 57.1 Å². The molecule has 2 aliphatic heterocycles. The van der Waals surface area contributed by atoms with Crippen LogP contribution in [0.5, 0.6) is 17.2 Å². The van der Waals surface area contributed by atoms with Crippen molar-refractivity contribution in [1.29, 1.82) is 0 Å². The van der Waals surface area contributed by atoms with Crippen molar-refractivity contribution in [2.75, 3.05) is 54.1 Å². The minimum Gasteiger partial charge on any atom is -0.493 e. The lowest BCUT2D eigenvalue weighted by molar-refractivity contribution is 0.184. The fourth-order valence-corrected chi connectivity index (χ4v) is 4.13. The van der Waals surface area contributed by atoms with E-state index in [-0.39, 0.29) is 12.4 Å². The quantitative estimate of drug-likeness (QED) is 0.862. The predicted octanol–water partition coefficient (Wildman–Crippen LogP) is 2.53. The number of methoxy groups -OCH3 is 3. The van der Waals surface area contributed by atoms with Crippen molar-refractivity contribution in [3.05, 3.63) is 17.2 Å². The molecule has 0 saturated carbocycles. The highest BCUT2D eigenvalue weighted by Crippen LogP contribution is 2.43. The van der Waals surface area contributed by atoms with Gasteiger partial charge in [0, 0.05) is 31.7 Å². The molecule has 25 heavy (non-hydrogen) atoms. The number of ether oxygens (including phenoxy) is 3. The van der Waals surface area contributed by atoms with Crippen LogP contribution in [0.4, 0.5) is 0 Å².